The van der Waals surface area contributed by atoms with Crippen molar-refractivity contribution in [3.8, 4) is 5.75 Å². The molecule has 1 aliphatic heterocycles. The van der Waals surface area contributed by atoms with Crippen LogP contribution in [0.5, 0.6) is 5.75 Å². The smallest absolute Gasteiger partial charge is 0.227 e. The highest BCUT2D eigenvalue weighted by Gasteiger charge is 2.29. The fourth-order valence-corrected chi connectivity index (χ4v) is 2.28. The van der Waals surface area contributed by atoms with Gasteiger partial charge in [0.25, 0.3) is 0 Å². The number of Topliss-reactive ketones (excluding diaryl/α,β-unsaturated/α-hetero) is 1. The average Bonchev–Trinajstić information content (AvgIpc) is 2.79. The highest BCUT2D eigenvalue weighted by molar-refractivity contribution is 5.99. The molecule has 1 aromatic carbocycles. The molecule has 1 heterocycles. The quantitative estimate of drug-likeness (QED) is 0.616. The van der Waals surface area contributed by atoms with Crippen molar-refractivity contribution in [1.82, 2.24) is 0 Å². The van der Waals surface area contributed by atoms with E-state index in [1.54, 1.807) is 29.2 Å². The van der Waals surface area contributed by atoms with E-state index < -0.39 is 0 Å². The maximum Gasteiger partial charge on any atom is 0.227 e. The number of benzene rings is 1. The van der Waals surface area contributed by atoms with Crippen LogP contribution in [0.1, 0.15) is 23.7 Å². The van der Waals surface area contributed by atoms with Crippen LogP contribution in [0.4, 0.5) is 5.69 Å². The Morgan fingerprint density at radius 2 is 2.26 bits per heavy atom. The number of amides is 1. The third-order valence-corrected chi connectivity index (χ3v) is 3.36. The summed E-state index contributed by atoms with van der Waals surface area (Å²) in [6, 6.07) is 5.22. The number of rotatable bonds is 4. The van der Waals surface area contributed by atoms with E-state index >= 15 is 0 Å². The van der Waals surface area contributed by atoms with Crippen LogP contribution in [0.3, 0.4) is 0 Å². The summed E-state index contributed by atoms with van der Waals surface area (Å²) in [5, 5.41) is 0. The second kappa shape index (κ2) is 5.26. The van der Waals surface area contributed by atoms with Crippen LogP contribution >= 0.6 is 0 Å². The highest BCUT2D eigenvalue weighted by atomic mass is 16.5. The molecule has 100 valence electrons. The third kappa shape index (κ3) is 2.52. The van der Waals surface area contributed by atoms with E-state index in [1.165, 1.54) is 14.0 Å². The lowest BCUT2D eigenvalue weighted by molar-refractivity contribution is -0.117. The largest absolute Gasteiger partial charge is 0.496 e. The van der Waals surface area contributed by atoms with Crippen molar-refractivity contribution in [3.63, 3.8) is 0 Å². The van der Waals surface area contributed by atoms with Crippen molar-refractivity contribution in [3.05, 3.63) is 36.4 Å². The summed E-state index contributed by atoms with van der Waals surface area (Å²) >= 11 is 0. The Bertz CT molecular complexity index is 536. The van der Waals surface area contributed by atoms with Crippen LogP contribution in [-0.2, 0) is 4.79 Å². The Labute approximate surface area is 112 Å². The molecule has 0 spiro atoms. The van der Waals surface area contributed by atoms with E-state index in [0.717, 1.165) is 5.69 Å². The molecule has 4 heteroatoms. The standard InChI is InChI=1S/C15H17NO3/c1-4-11-7-15(18)16(9-11)12-5-6-13(10(2)17)14(8-12)19-3/h4-6,8,11H,1,7,9H2,2-3H3. The summed E-state index contributed by atoms with van der Waals surface area (Å²) in [5.74, 6) is 0.702. The Morgan fingerprint density at radius 1 is 1.53 bits per heavy atom. The Hall–Kier alpha value is -2.10. The molecule has 19 heavy (non-hydrogen) atoms. The van der Waals surface area contributed by atoms with Crippen LogP contribution in [0.15, 0.2) is 30.9 Å². The van der Waals surface area contributed by atoms with Crippen LogP contribution in [0, 0.1) is 5.92 Å². The zero-order chi connectivity index (χ0) is 14.0. The fourth-order valence-electron chi connectivity index (χ4n) is 2.28. The number of hydrogen-bond donors (Lipinski definition) is 0. The minimum atomic E-state index is -0.0554. The van der Waals surface area contributed by atoms with Crippen LogP contribution in [-0.4, -0.2) is 25.3 Å². The van der Waals surface area contributed by atoms with Crippen molar-refractivity contribution < 1.29 is 14.3 Å². The summed E-state index contributed by atoms with van der Waals surface area (Å²) in [4.78, 5) is 25.1. The van der Waals surface area contributed by atoms with Gasteiger partial charge in [-0.15, -0.1) is 6.58 Å². The molecule has 1 fully saturated rings. The Morgan fingerprint density at radius 3 is 2.79 bits per heavy atom. The van der Waals surface area contributed by atoms with Gasteiger partial charge in [-0.2, -0.15) is 0 Å². The van der Waals surface area contributed by atoms with Crippen LogP contribution in [0.25, 0.3) is 0 Å². The molecule has 0 aromatic heterocycles. The summed E-state index contributed by atoms with van der Waals surface area (Å²) in [5.41, 5.74) is 1.29. The van der Waals surface area contributed by atoms with Gasteiger partial charge in [0, 0.05) is 30.6 Å². The van der Waals surface area contributed by atoms with Gasteiger partial charge in [-0.25, -0.2) is 0 Å². The first-order chi connectivity index (χ1) is 9.06. The molecule has 0 radical (unpaired) electrons. The summed E-state index contributed by atoms with van der Waals surface area (Å²) in [7, 11) is 1.52. The molecule has 0 aliphatic carbocycles. The Kier molecular flexibility index (Phi) is 3.69. The van der Waals surface area contributed by atoms with Crippen molar-refractivity contribution in [2.45, 2.75) is 13.3 Å². The summed E-state index contributed by atoms with van der Waals surface area (Å²) in [6.07, 6.45) is 2.29. The van der Waals surface area contributed by atoms with Gasteiger partial charge in [0.15, 0.2) is 5.78 Å². The molecule has 1 aromatic rings. The molecule has 0 bridgehead atoms. The van der Waals surface area contributed by atoms with Crippen molar-refractivity contribution in [1.29, 1.82) is 0 Å². The van der Waals surface area contributed by atoms with Crippen LogP contribution < -0.4 is 9.64 Å². The summed E-state index contributed by atoms with van der Waals surface area (Å²) < 4.78 is 5.22. The van der Waals surface area contributed by atoms with Gasteiger partial charge in [0.2, 0.25) is 5.91 Å². The lowest BCUT2D eigenvalue weighted by Gasteiger charge is -2.18. The number of ketones is 1. The van der Waals surface area contributed by atoms with Gasteiger partial charge in [-0.05, 0) is 19.1 Å². The molecular formula is C15H17NO3. The first-order valence-corrected chi connectivity index (χ1v) is 6.18. The van der Waals surface area contributed by atoms with Gasteiger partial charge < -0.3 is 9.64 Å². The van der Waals surface area contributed by atoms with Gasteiger partial charge >= 0.3 is 0 Å². The van der Waals surface area contributed by atoms with Gasteiger partial charge in [0.05, 0.1) is 12.7 Å². The molecule has 1 saturated heterocycles. The number of hydrogen-bond acceptors (Lipinski definition) is 3. The fraction of sp³-hybridized carbons (Fsp3) is 0.333. The first kappa shape index (κ1) is 13.3. The molecule has 1 unspecified atom stereocenters. The predicted octanol–water partition coefficient (Wildman–Crippen LogP) is 2.44. The minimum Gasteiger partial charge on any atom is -0.496 e. The van der Waals surface area contributed by atoms with Gasteiger partial charge in [0.1, 0.15) is 5.75 Å². The predicted molar refractivity (Wildman–Crippen MR) is 73.7 cm³/mol. The normalized spacial score (nSPS) is 18.5. The van der Waals surface area contributed by atoms with Crippen molar-refractivity contribution in [2.75, 3.05) is 18.6 Å². The highest BCUT2D eigenvalue weighted by Crippen LogP contribution is 2.30. The molecule has 1 aliphatic rings. The average molecular weight is 259 g/mol. The van der Waals surface area contributed by atoms with Crippen molar-refractivity contribution in [2.24, 2.45) is 5.92 Å². The second-order valence-electron chi connectivity index (χ2n) is 4.65. The SMILES string of the molecule is C=CC1CC(=O)N(c2ccc(C(C)=O)c(OC)c2)C1. The molecule has 1 atom stereocenters. The number of ether oxygens (including phenoxy) is 1. The number of carbonyl (C=O) groups excluding carboxylic acids is 2. The molecule has 2 rings (SSSR count). The first-order valence-electron chi connectivity index (χ1n) is 6.18. The zero-order valence-corrected chi connectivity index (χ0v) is 11.2. The third-order valence-electron chi connectivity index (χ3n) is 3.36. The number of methoxy groups -OCH3 is 1. The zero-order valence-electron chi connectivity index (χ0n) is 11.2. The maximum atomic E-state index is 11.9. The van der Waals surface area contributed by atoms with Crippen molar-refractivity contribution >= 4 is 17.4 Å². The number of nitrogens with zero attached hydrogens (tertiary/aromatic N) is 1. The van der Waals surface area contributed by atoms with E-state index in [9.17, 15) is 9.59 Å². The lowest BCUT2D eigenvalue weighted by atomic mass is 10.1. The molecule has 0 saturated carbocycles. The topological polar surface area (TPSA) is 46.6 Å². The van der Waals surface area contributed by atoms with E-state index in [0.29, 0.717) is 24.3 Å². The lowest BCUT2D eigenvalue weighted by Crippen LogP contribution is -2.24. The molecule has 4 nitrogen and oxygen atoms in total. The Balaban J connectivity index is 2.34. The minimum absolute atomic E-state index is 0.0554. The van der Waals surface area contributed by atoms with E-state index in [4.69, 9.17) is 4.74 Å². The maximum absolute atomic E-state index is 11.9. The molecular weight excluding hydrogens is 242 g/mol. The summed E-state index contributed by atoms with van der Waals surface area (Å²) in [6.45, 7) is 5.85. The molecule has 0 N–H and O–H groups in total. The van der Waals surface area contributed by atoms with Gasteiger partial charge in [-0.3, -0.25) is 9.59 Å². The van der Waals surface area contributed by atoms with E-state index in [2.05, 4.69) is 6.58 Å². The monoisotopic (exact) mass is 259 g/mol. The number of carbonyl (C=O) groups is 2. The second-order valence-corrected chi connectivity index (χ2v) is 4.65. The number of anilines is 1. The van der Waals surface area contributed by atoms with Gasteiger partial charge in [-0.1, -0.05) is 6.08 Å². The van der Waals surface area contributed by atoms with E-state index in [-0.39, 0.29) is 17.6 Å². The van der Waals surface area contributed by atoms with E-state index in [1.807, 2.05) is 0 Å². The molecule has 1 amide bonds. The van der Waals surface area contributed by atoms with Crippen LogP contribution in [0.2, 0.25) is 0 Å².